The third kappa shape index (κ3) is 4.77. The molecule has 1 aromatic carbocycles. The Labute approximate surface area is 175 Å². The van der Waals surface area contributed by atoms with Crippen molar-refractivity contribution in [2.45, 2.75) is 54.9 Å². The Morgan fingerprint density at radius 2 is 1.66 bits per heavy atom. The summed E-state index contributed by atoms with van der Waals surface area (Å²) >= 11 is 0. The highest BCUT2D eigenvalue weighted by atomic mass is 16.2. The Balaban J connectivity index is 1.87. The molecule has 1 aliphatic rings. The van der Waals surface area contributed by atoms with Crippen molar-refractivity contribution in [3.8, 4) is 0 Å². The van der Waals surface area contributed by atoms with E-state index in [4.69, 9.17) is 4.98 Å². The van der Waals surface area contributed by atoms with Crippen LogP contribution in [0.4, 0.5) is 5.82 Å². The SMILES string of the molecule is Cc1ccc(C)c(Cc2c(C)nc(C)nc2N2CCN(C(=O)C(C)(C)C)CC2)c1. The van der Waals surface area contributed by atoms with Crippen molar-refractivity contribution < 1.29 is 4.79 Å². The number of benzene rings is 1. The monoisotopic (exact) mass is 394 g/mol. The second kappa shape index (κ2) is 8.13. The van der Waals surface area contributed by atoms with Crippen LogP contribution >= 0.6 is 0 Å². The van der Waals surface area contributed by atoms with Crippen LogP contribution in [-0.4, -0.2) is 47.0 Å². The first-order valence-electron chi connectivity index (χ1n) is 10.5. The van der Waals surface area contributed by atoms with E-state index in [-0.39, 0.29) is 11.3 Å². The minimum atomic E-state index is -0.335. The molecular formula is C24H34N4O. The van der Waals surface area contributed by atoms with Crippen molar-refractivity contribution in [3.63, 3.8) is 0 Å². The first-order valence-corrected chi connectivity index (χ1v) is 10.5. The van der Waals surface area contributed by atoms with Gasteiger partial charge in [0.25, 0.3) is 0 Å². The normalized spacial score (nSPS) is 15.0. The van der Waals surface area contributed by atoms with E-state index in [2.05, 4.69) is 48.9 Å². The Hall–Kier alpha value is -2.43. The molecule has 1 fully saturated rings. The van der Waals surface area contributed by atoms with E-state index < -0.39 is 0 Å². The quantitative estimate of drug-likeness (QED) is 0.790. The fraction of sp³-hybridized carbons (Fsp3) is 0.542. The fourth-order valence-corrected chi connectivity index (χ4v) is 3.96. The van der Waals surface area contributed by atoms with Gasteiger partial charge in [0, 0.05) is 49.3 Å². The van der Waals surface area contributed by atoms with Crippen LogP contribution in [0.3, 0.4) is 0 Å². The zero-order valence-corrected chi connectivity index (χ0v) is 19.0. The number of hydrogen-bond acceptors (Lipinski definition) is 4. The van der Waals surface area contributed by atoms with Crippen LogP contribution in [0.2, 0.25) is 0 Å². The lowest BCUT2D eigenvalue weighted by Crippen LogP contribution is -2.52. The van der Waals surface area contributed by atoms with Gasteiger partial charge < -0.3 is 9.80 Å². The molecule has 29 heavy (non-hydrogen) atoms. The number of piperazine rings is 1. The van der Waals surface area contributed by atoms with Crippen LogP contribution < -0.4 is 4.90 Å². The maximum atomic E-state index is 12.6. The number of rotatable bonds is 3. The number of amides is 1. The topological polar surface area (TPSA) is 49.3 Å². The second-order valence-corrected chi connectivity index (χ2v) is 9.29. The summed E-state index contributed by atoms with van der Waals surface area (Å²) in [5.41, 5.74) is 5.79. The Morgan fingerprint density at radius 1 is 1.00 bits per heavy atom. The highest BCUT2D eigenvalue weighted by molar-refractivity contribution is 5.81. The molecule has 2 aromatic rings. The number of hydrogen-bond donors (Lipinski definition) is 0. The summed E-state index contributed by atoms with van der Waals surface area (Å²) in [5.74, 6) is 2.05. The first kappa shape index (κ1) is 21.3. The van der Waals surface area contributed by atoms with E-state index in [1.165, 1.54) is 22.3 Å². The molecule has 1 saturated heterocycles. The molecule has 0 radical (unpaired) electrons. The van der Waals surface area contributed by atoms with Gasteiger partial charge in [0.2, 0.25) is 5.91 Å². The molecule has 2 heterocycles. The molecule has 0 N–H and O–H groups in total. The van der Waals surface area contributed by atoms with Gasteiger partial charge >= 0.3 is 0 Å². The summed E-state index contributed by atoms with van der Waals surface area (Å²) in [5, 5.41) is 0. The van der Waals surface area contributed by atoms with Crippen molar-refractivity contribution in [1.82, 2.24) is 14.9 Å². The van der Waals surface area contributed by atoms with Crippen LogP contribution in [0.5, 0.6) is 0 Å². The maximum Gasteiger partial charge on any atom is 0.228 e. The van der Waals surface area contributed by atoms with Gasteiger partial charge in [-0.3, -0.25) is 4.79 Å². The minimum absolute atomic E-state index is 0.225. The lowest BCUT2D eigenvalue weighted by atomic mass is 9.94. The predicted molar refractivity (Wildman–Crippen MR) is 118 cm³/mol. The van der Waals surface area contributed by atoms with Gasteiger partial charge in [0.15, 0.2) is 0 Å². The average Bonchev–Trinajstić information content (AvgIpc) is 2.65. The zero-order valence-electron chi connectivity index (χ0n) is 19.0. The van der Waals surface area contributed by atoms with E-state index in [0.29, 0.717) is 0 Å². The molecule has 0 aliphatic carbocycles. The third-order valence-electron chi connectivity index (χ3n) is 5.68. The molecule has 0 saturated carbocycles. The standard InChI is InChI=1S/C24H34N4O/c1-16-8-9-17(2)20(14-16)15-21-18(3)25-19(4)26-22(21)27-10-12-28(13-11-27)23(29)24(5,6)7/h8-9,14H,10-13,15H2,1-7H3. The lowest BCUT2D eigenvalue weighted by molar-refractivity contribution is -0.139. The van der Waals surface area contributed by atoms with E-state index >= 15 is 0 Å². The number of aryl methyl sites for hydroxylation is 4. The van der Waals surface area contributed by atoms with E-state index in [0.717, 1.165) is 49.9 Å². The van der Waals surface area contributed by atoms with Crippen molar-refractivity contribution in [2.24, 2.45) is 5.41 Å². The molecule has 3 rings (SSSR count). The zero-order chi connectivity index (χ0) is 21.3. The summed E-state index contributed by atoms with van der Waals surface area (Å²) in [6.45, 7) is 17.4. The molecule has 1 amide bonds. The molecule has 1 aliphatic heterocycles. The van der Waals surface area contributed by atoms with Gasteiger partial charge in [-0.15, -0.1) is 0 Å². The van der Waals surface area contributed by atoms with E-state index in [9.17, 15) is 4.79 Å². The predicted octanol–water partition coefficient (Wildman–Crippen LogP) is 4.00. The molecule has 1 aromatic heterocycles. The van der Waals surface area contributed by atoms with Gasteiger partial charge in [-0.05, 0) is 38.8 Å². The number of anilines is 1. The van der Waals surface area contributed by atoms with Gasteiger partial charge in [-0.25, -0.2) is 9.97 Å². The first-order chi connectivity index (χ1) is 13.6. The van der Waals surface area contributed by atoms with Gasteiger partial charge in [0.05, 0.1) is 0 Å². The van der Waals surface area contributed by atoms with E-state index in [1.54, 1.807) is 0 Å². The molecule has 0 unspecified atom stereocenters. The van der Waals surface area contributed by atoms with Crippen molar-refractivity contribution >= 4 is 11.7 Å². The van der Waals surface area contributed by atoms with E-state index in [1.807, 2.05) is 32.6 Å². The van der Waals surface area contributed by atoms with Gasteiger partial charge in [0.1, 0.15) is 11.6 Å². The highest BCUT2D eigenvalue weighted by Gasteiger charge is 2.30. The average molecular weight is 395 g/mol. The number of carbonyl (C=O) groups excluding carboxylic acids is 1. The molecule has 0 spiro atoms. The summed E-state index contributed by atoms with van der Waals surface area (Å²) in [7, 11) is 0. The summed E-state index contributed by atoms with van der Waals surface area (Å²) < 4.78 is 0. The molecule has 5 nitrogen and oxygen atoms in total. The smallest absolute Gasteiger partial charge is 0.228 e. The van der Waals surface area contributed by atoms with Crippen molar-refractivity contribution in [1.29, 1.82) is 0 Å². The second-order valence-electron chi connectivity index (χ2n) is 9.29. The van der Waals surface area contributed by atoms with Crippen molar-refractivity contribution in [2.75, 3.05) is 31.1 Å². The van der Waals surface area contributed by atoms with Gasteiger partial charge in [-0.1, -0.05) is 44.5 Å². The third-order valence-corrected chi connectivity index (χ3v) is 5.68. The van der Waals surface area contributed by atoms with Crippen LogP contribution in [0, 0.1) is 33.1 Å². The summed E-state index contributed by atoms with van der Waals surface area (Å²) in [6, 6.07) is 6.60. The Kier molecular flexibility index (Phi) is 5.97. The number of aromatic nitrogens is 2. The molecule has 5 heteroatoms. The minimum Gasteiger partial charge on any atom is -0.353 e. The molecule has 156 valence electrons. The largest absolute Gasteiger partial charge is 0.353 e. The molecule has 0 atom stereocenters. The summed E-state index contributed by atoms with van der Waals surface area (Å²) in [4.78, 5) is 26.4. The fourth-order valence-electron chi connectivity index (χ4n) is 3.96. The lowest BCUT2D eigenvalue weighted by Gasteiger charge is -2.39. The van der Waals surface area contributed by atoms with Crippen LogP contribution in [0.1, 0.15) is 54.5 Å². The van der Waals surface area contributed by atoms with Crippen molar-refractivity contribution in [3.05, 3.63) is 52.0 Å². The number of carbonyl (C=O) groups is 1. The van der Waals surface area contributed by atoms with Gasteiger partial charge in [-0.2, -0.15) is 0 Å². The van der Waals surface area contributed by atoms with Crippen LogP contribution in [0.25, 0.3) is 0 Å². The molecule has 0 bridgehead atoms. The molecular weight excluding hydrogens is 360 g/mol. The van der Waals surface area contributed by atoms with Crippen LogP contribution in [-0.2, 0) is 11.2 Å². The van der Waals surface area contributed by atoms with Crippen LogP contribution in [0.15, 0.2) is 18.2 Å². The Bertz CT molecular complexity index is 906. The number of nitrogens with zero attached hydrogens (tertiary/aromatic N) is 4. The Morgan fingerprint density at radius 3 is 2.28 bits per heavy atom. The summed E-state index contributed by atoms with van der Waals surface area (Å²) in [6.07, 6.45) is 0.829. The highest BCUT2D eigenvalue weighted by Crippen LogP contribution is 2.27. The maximum absolute atomic E-state index is 12.6.